The van der Waals surface area contributed by atoms with Crippen LogP contribution in [0.1, 0.15) is 11.6 Å². The van der Waals surface area contributed by atoms with Crippen LogP contribution in [-0.2, 0) is 19.6 Å². The molecule has 0 aliphatic carbocycles. The largest absolute Gasteiger partial charge is 0.439 e. The van der Waals surface area contributed by atoms with Crippen LogP contribution in [0.5, 0.6) is 0 Å². The van der Waals surface area contributed by atoms with E-state index in [1.54, 1.807) is 30.3 Å². The normalized spacial score (nSPS) is 15.9. The minimum Gasteiger partial charge on any atom is -0.439 e. The number of aromatic nitrogens is 1. The molecule has 0 saturated carbocycles. The van der Waals surface area contributed by atoms with Gasteiger partial charge in [0.25, 0.3) is 5.91 Å². The highest BCUT2D eigenvalue weighted by atomic mass is 32.2. The number of hydrogen-bond acceptors (Lipinski definition) is 6. The monoisotopic (exact) mass is 361 g/mol. The summed E-state index contributed by atoms with van der Waals surface area (Å²) in [6, 6.07) is 10.8. The first kappa shape index (κ1) is 17.1. The average Bonchev–Trinajstić information content (AvgIpc) is 2.94. The Hall–Kier alpha value is -2.78. The Balaban J connectivity index is 1.89. The summed E-state index contributed by atoms with van der Waals surface area (Å²) in [5, 5.41) is 0. The Bertz CT molecular complexity index is 855. The number of amides is 2. The van der Waals surface area contributed by atoms with Gasteiger partial charge >= 0.3 is 6.09 Å². The number of carbonyl (C=O) groups excluding carboxylic acids is 2. The van der Waals surface area contributed by atoms with Crippen LogP contribution < -0.4 is 4.72 Å². The van der Waals surface area contributed by atoms with Crippen molar-refractivity contribution in [3.63, 3.8) is 0 Å². The number of nitrogens with zero attached hydrogens (tertiary/aromatic N) is 2. The lowest BCUT2D eigenvalue weighted by Gasteiger charge is -2.22. The Morgan fingerprint density at radius 3 is 2.52 bits per heavy atom. The lowest BCUT2D eigenvalue weighted by Crippen LogP contribution is -2.40. The molecule has 2 heterocycles. The molecule has 1 saturated heterocycles. The maximum absolute atomic E-state index is 12.6. The van der Waals surface area contributed by atoms with E-state index < -0.39 is 28.1 Å². The van der Waals surface area contributed by atoms with Crippen molar-refractivity contribution in [2.24, 2.45) is 0 Å². The molecule has 130 valence electrons. The third-order valence-corrected chi connectivity index (χ3v) is 5.11. The second-order valence-corrected chi connectivity index (χ2v) is 7.05. The van der Waals surface area contributed by atoms with E-state index in [-0.39, 0.29) is 18.0 Å². The minimum atomic E-state index is -3.89. The lowest BCUT2D eigenvalue weighted by atomic mass is 10.1. The second kappa shape index (κ2) is 6.99. The van der Waals surface area contributed by atoms with Crippen molar-refractivity contribution < 1.29 is 22.7 Å². The van der Waals surface area contributed by atoms with Gasteiger partial charge in [0.15, 0.2) is 6.61 Å². The molecule has 25 heavy (non-hydrogen) atoms. The quantitative estimate of drug-likeness (QED) is 0.825. The minimum absolute atomic E-state index is 0.00810. The Labute approximate surface area is 144 Å². The zero-order valence-electron chi connectivity index (χ0n) is 13.0. The molecular weight excluding hydrogens is 346 g/mol. The van der Waals surface area contributed by atoms with Gasteiger partial charge in [-0.05, 0) is 17.7 Å². The van der Waals surface area contributed by atoms with E-state index in [2.05, 4.69) is 14.4 Å². The molecule has 0 spiro atoms. The van der Waals surface area contributed by atoms with Crippen LogP contribution in [0.3, 0.4) is 0 Å². The zero-order valence-corrected chi connectivity index (χ0v) is 13.8. The molecule has 1 aliphatic rings. The summed E-state index contributed by atoms with van der Waals surface area (Å²) in [6.45, 7) is -0.503. The first-order valence-corrected chi connectivity index (χ1v) is 8.90. The molecule has 1 aliphatic heterocycles. The number of imide groups is 1. The van der Waals surface area contributed by atoms with Crippen molar-refractivity contribution in [3.8, 4) is 0 Å². The van der Waals surface area contributed by atoms with Gasteiger partial charge in [-0.25, -0.2) is 22.8 Å². The molecule has 0 bridgehead atoms. The Morgan fingerprint density at radius 1 is 1.16 bits per heavy atom. The van der Waals surface area contributed by atoms with Gasteiger partial charge in [0.1, 0.15) is 4.90 Å². The Morgan fingerprint density at radius 2 is 1.92 bits per heavy atom. The molecule has 1 aromatic heterocycles. The van der Waals surface area contributed by atoms with Crippen LogP contribution in [0.25, 0.3) is 0 Å². The van der Waals surface area contributed by atoms with Crippen molar-refractivity contribution in [1.29, 1.82) is 0 Å². The van der Waals surface area contributed by atoms with Gasteiger partial charge in [-0.2, -0.15) is 0 Å². The van der Waals surface area contributed by atoms with Gasteiger partial charge in [-0.15, -0.1) is 0 Å². The van der Waals surface area contributed by atoms with Gasteiger partial charge in [0.05, 0.1) is 12.6 Å². The molecule has 2 aromatic rings. The number of nitrogens with one attached hydrogen (secondary N) is 1. The van der Waals surface area contributed by atoms with E-state index in [0.29, 0.717) is 5.56 Å². The van der Waals surface area contributed by atoms with Gasteiger partial charge in [0.2, 0.25) is 10.0 Å². The molecule has 2 amide bonds. The summed E-state index contributed by atoms with van der Waals surface area (Å²) in [4.78, 5) is 28.1. The van der Waals surface area contributed by atoms with E-state index in [4.69, 9.17) is 0 Å². The first-order chi connectivity index (χ1) is 12.0. The lowest BCUT2D eigenvalue weighted by molar-refractivity contribution is -0.126. The van der Waals surface area contributed by atoms with E-state index in [1.807, 2.05) is 0 Å². The summed E-state index contributed by atoms with van der Waals surface area (Å²) in [5.41, 5.74) is 0.613. The fraction of sp³-hybridized carbons (Fsp3) is 0.188. The second-order valence-electron chi connectivity index (χ2n) is 5.33. The van der Waals surface area contributed by atoms with Crippen LogP contribution in [0.15, 0.2) is 59.8 Å². The summed E-state index contributed by atoms with van der Waals surface area (Å²) in [6.07, 6.45) is 1.90. The maximum Gasteiger partial charge on any atom is 0.417 e. The molecular formula is C16H15N3O5S. The molecule has 1 N–H and O–H groups in total. The van der Waals surface area contributed by atoms with Gasteiger partial charge in [-0.3, -0.25) is 9.78 Å². The predicted molar refractivity (Wildman–Crippen MR) is 86.8 cm³/mol. The van der Waals surface area contributed by atoms with Crippen molar-refractivity contribution in [1.82, 2.24) is 14.6 Å². The summed E-state index contributed by atoms with van der Waals surface area (Å²) in [5.74, 6) is -0.508. The van der Waals surface area contributed by atoms with E-state index >= 15 is 0 Å². The topological polar surface area (TPSA) is 106 Å². The average molecular weight is 361 g/mol. The molecule has 3 rings (SSSR count). The summed E-state index contributed by atoms with van der Waals surface area (Å²) < 4.78 is 32.4. The Kier molecular flexibility index (Phi) is 4.77. The molecule has 1 unspecified atom stereocenters. The number of hydrogen-bond donors (Lipinski definition) is 1. The van der Waals surface area contributed by atoms with E-state index in [1.165, 1.54) is 24.5 Å². The van der Waals surface area contributed by atoms with Crippen LogP contribution in [0.2, 0.25) is 0 Å². The molecule has 8 nitrogen and oxygen atoms in total. The SMILES string of the molecule is O=C1COC(=O)N1CC(NS(=O)(=O)c1cccnc1)c1ccccc1. The van der Waals surface area contributed by atoms with Crippen molar-refractivity contribution in [3.05, 3.63) is 60.4 Å². The standard InChI is InChI=1S/C16H15N3O5S/c20-15-11-24-16(21)19(15)10-14(12-5-2-1-3-6-12)18-25(22,23)13-7-4-8-17-9-13/h1-9,14,18H,10-11H2. The zero-order chi connectivity index (χ0) is 17.9. The van der Waals surface area contributed by atoms with E-state index in [9.17, 15) is 18.0 Å². The number of carbonyl (C=O) groups is 2. The molecule has 1 atom stereocenters. The molecule has 9 heteroatoms. The third-order valence-electron chi connectivity index (χ3n) is 3.65. The fourth-order valence-corrected chi connectivity index (χ4v) is 3.58. The first-order valence-electron chi connectivity index (χ1n) is 7.42. The third kappa shape index (κ3) is 3.83. The number of rotatable bonds is 6. The van der Waals surface area contributed by atoms with Crippen LogP contribution in [0.4, 0.5) is 4.79 Å². The fourth-order valence-electron chi connectivity index (χ4n) is 2.40. The number of sulfonamides is 1. The van der Waals surface area contributed by atoms with Crippen molar-refractivity contribution in [2.45, 2.75) is 10.9 Å². The predicted octanol–water partition coefficient (Wildman–Crippen LogP) is 1.08. The van der Waals surface area contributed by atoms with Crippen molar-refractivity contribution in [2.75, 3.05) is 13.2 Å². The van der Waals surface area contributed by atoms with Gasteiger partial charge < -0.3 is 4.74 Å². The molecule has 1 fully saturated rings. The summed E-state index contributed by atoms with van der Waals surface area (Å²) in [7, 11) is -3.89. The van der Waals surface area contributed by atoms with Crippen LogP contribution in [-0.4, -0.2) is 43.5 Å². The highest BCUT2D eigenvalue weighted by molar-refractivity contribution is 7.89. The highest BCUT2D eigenvalue weighted by Crippen LogP contribution is 2.20. The smallest absolute Gasteiger partial charge is 0.417 e. The number of benzene rings is 1. The summed E-state index contributed by atoms with van der Waals surface area (Å²) >= 11 is 0. The van der Waals surface area contributed by atoms with Gasteiger partial charge in [-0.1, -0.05) is 30.3 Å². The maximum atomic E-state index is 12.6. The van der Waals surface area contributed by atoms with Gasteiger partial charge in [0, 0.05) is 12.4 Å². The van der Waals surface area contributed by atoms with Crippen LogP contribution >= 0.6 is 0 Å². The molecule has 0 radical (unpaired) electrons. The van der Waals surface area contributed by atoms with Crippen molar-refractivity contribution >= 4 is 22.0 Å². The number of cyclic esters (lactones) is 1. The van der Waals surface area contributed by atoms with E-state index in [0.717, 1.165) is 4.90 Å². The molecule has 1 aromatic carbocycles. The number of ether oxygens (including phenoxy) is 1. The number of pyridine rings is 1. The van der Waals surface area contributed by atoms with Crippen LogP contribution in [0, 0.1) is 0 Å². The highest BCUT2D eigenvalue weighted by Gasteiger charge is 2.34.